The number of thioether (sulfide) groups is 1. The zero-order valence-corrected chi connectivity index (χ0v) is 17.2. The van der Waals surface area contributed by atoms with Gasteiger partial charge in [0.05, 0.1) is 11.0 Å². The largest absolute Gasteiger partial charge is 0.378 e. The van der Waals surface area contributed by atoms with E-state index in [0.717, 1.165) is 0 Å². The molecule has 1 aliphatic rings. The van der Waals surface area contributed by atoms with Crippen LogP contribution in [0.2, 0.25) is 0 Å². The molecule has 0 spiro atoms. The Hall–Kier alpha value is -2.65. The molecule has 0 saturated carbocycles. The van der Waals surface area contributed by atoms with Gasteiger partial charge in [-0.2, -0.15) is 13.5 Å². The van der Waals surface area contributed by atoms with E-state index in [-0.39, 0.29) is 16.6 Å². The molecule has 0 unspecified atom stereocenters. The van der Waals surface area contributed by atoms with E-state index in [1.54, 1.807) is 57.2 Å². The van der Waals surface area contributed by atoms with E-state index in [9.17, 15) is 13.2 Å². The molecule has 1 saturated heterocycles. The number of rotatable bonds is 5. The van der Waals surface area contributed by atoms with Crippen molar-refractivity contribution < 1.29 is 17.4 Å². The Kier molecular flexibility index (Phi) is 5.57. The maximum Gasteiger partial charge on any atom is 0.339 e. The number of amides is 1. The van der Waals surface area contributed by atoms with Crippen molar-refractivity contribution >= 4 is 39.2 Å². The number of benzene rings is 2. The first-order valence-electron chi connectivity index (χ1n) is 8.40. The summed E-state index contributed by atoms with van der Waals surface area (Å²) in [6, 6.07) is 13.1. The van der Waals surface area contributed by atoms with Gasteiger partial charge in [0, 0.05) is 5.56 Å². The minimum absolute atomic E-state index is 0.0636. The molecule has 0 aliphatic carbocycles. The Balaban J connectivity index is 1.86. The van der Waals surface area contributed by atoms with Gasteiger partial charge in [-0.3, -0.25) is 4.79 Å². The molecule has 146 valence electrons. The molecule has 1 fully saturated rings. The van der Waals surface area contributed by atoms with Crippen molar-refractivity contribution in [2.24, 2.45) is 10.2 Å². The van der Waals surface area contributed by atoms with Crippen molar-refractivity contribution in [3.63, 3.8) is 0 Å². The van der Waals surface area contributed by atoms with E-state index >= 15 is 0 Å². The number of para-hydroxylation sites is 1. The first kappa shape index (κ1) is 20.1. The number of carbonyl (C=O) groups is 1. The minimum Gasteiger partial charge on any atom is -0.378 e. The van der Waals surface area contributed by atoms with Crippen LogP contribution in [0, 0.1) is 6.92 Å². The fraction of sp³-hybridized carbons (Fsp3) is 0.211. The van der Waals surface area contributed by atoms with Crippen LogP contribution in [0.1, 0.15) is 25.0 Å². The van der Waals surface area contributed by atoms with Gasteiger partial charge in [-0.1, -0.05) is 42.1 Å². The second kappa shape index (κ2) is 7.76. The summed E-state index contributed by atoms with van der Waals surface area (Å²) in [5.74, 6) is 0.0405. The van der Waals surface area contributed by atoms with E-state index in [2.05, 4.69) is 15.5 Å². The highest BCUT2D eigenvalue weighted by Crippen LogP contribution is 2.31. The molecule has 2 aromatic rings. The highest BCUT2D eigenvalue weighted by atomic mass is 32.2. The molecular weight excluding hydrogens is 398 g/mol. The van der Waals surface area contributed by atoms with Gasteiger partial charge in [-0.05, 0) is 44.5 Å². The fourth-order valence-corrected chi connectivity index (χ4v) is 4.28. The summed E-state index contributed by atoms with van der Waals surface area (Å²) in [7, 11) is -3.98. The second-order valence-corrected chi connectivity index (χ2v) is 9.72. The molecular formula is C19H19N3O4S2. The highest BCUT2D eigenvalue weighted by molar-refractivity contribution is 8.16. The third-order valence-electron chi connectivity index (χ3n) is 3.93. The lowest BCUT2D eigenvalue weighted by Crippen LogP contribution is -2.30. The minimum atomic E-state index is -3.98. The van der Waals surface area contributed by atoms with Crippen LogP contribution in [0.3, 0.4) is 0 Å². The Labute approximate surface area is 168 Å². The number of carbonyl (C=O) groups excluding carboxylic acids is 1. The molecule has 0 radical (unpaired) electrons. The van der Waals surface area contributed by atoms with Crippen molar-refractivity contribution in [1.29, 1.82) is 0 Å². The smallest absolute Gasteiger partial charge is 0.339 e. The van der Waals surface area contributed by atoms with E-state index in [1.165, 1.54) is 30.1 Å². The number of hydrogen-bond donors (Lipinski definition) is 1. The molecule has 28 heavy (non-hydrogen) atoms. The normalized spacial score (nSPS) is 17.8. The van der Waals surface area contributed by atoms with Crippen molar-refractivity contribution in [2.75, 3.05) is 0 Å². The molecule has 9 heteroatoms. The zero-order valence-electron chi connectivity index (χ0n) is 15.5. The van der Waals surface area contributed by atoms with E-state index in [1.807, 2.05) is 0 Å². The first-order chi connectivity index (χ1) is 13.2. The van der Waals surface area contributed by atoms with Gasteiger partial charge < -0.3 is 9.50 Å². The monoisotopic (exact) mass is 417 g/mol. The summed E-state index contributed by atoms with van der Waals surface area (Å²) in [6.07, 6.45) is 1.40. The summed E-state index contributed by atoms with van der Waals surface area (Å²) in [6.45, 7) is 5.33. The molecule has 2 aromatic carbocycles. The van der Waals surface area contributed by atoms with Gasteiger partial charge in [0.2, 0.25) is 5.91 Å². The Morgan fingerprint density at radius 1 is 1.11 bits per heavy atom. The van der Waals surface area contributed by atoms with Crippen LogP contribution >= 0.6 is 11.8 Å². The highest BCUT2D eigenvalue weighted by Gasteiger charge is 2.38. The Morgan fingerprint density at radius 3 is 2.46 bits per heavy atom. The number of nitrogens with zero attached hydrogens (tertiary/aromatic N) is 2. The Morgan fingerprint density at radius 2 is 1.82 bits per heavy atom. The standard InChI is InChI=1S/C19H19N3O4S2/c1-13-8-7-9-14(12-20-22-18-21-17(23)19(2,3)27-18)16(13)26-28(24,25)15-10-5-4-6-11-15/h4-12H,1-3H3,(H,21,22,23). The summed E-state index contributed by atoms with van der Waals surface area (Å²) in [5, 5.41) is 11.0. The molecule has 1 heterocycles. The van der Waals surface area contributed by atoms with Gasteiger partial charge in [0.25, 0.3) is 0 Å². The lowest BCUT2D eigenvalue weighted by molar-refractivity contribution is -0.120. The third kappa shape index (κ3) is 4.42. The zero-order chi connectivity index (χ0) is 20.4. The summed E-state index contributed by atoms with van der Waals surface area (Å²) >= 11 is 1.27. The fourth-order valence-electron chi connectivity index (χ4n) is 2.39. The van der Waals surface area contributed by atoms with E-state index < -0.39 is 14.9 Å². The molecule has 1 N–H and O–H groups in total. The van der Waals surface area contributed by atoms with Crippen LogP contribution in [0.25, 0.3) is 0 Å². The average molecular weight is 418 g/mol. The Bertz CT molecular complexity index is 1060. The van der Waals surface area contributed by atoms with Crippen LogP contribution in [-0.4, -0.2) is 30.5 Å². The summed E-state index contributed by atoms with van der Waals surface area (Å²) in [4.78, 5) is 11.8. The summed E-state index contributed by atoms with van der Waals surface area (Å²) in [5.41, 5.74) is 1.10. The molecule has 7 nitrogen and oxygen atoms in total. The number of aryl methyl sites for hydroxylation is 1. The van der Waals surface area contributed by atoms with Crippen LogP contribution < -0.4 is 9.50 Å². The molecule has 3 rings (SSSR count). The molecule has 0 aromatic heterocycles. The lowest BCUT2D eigenvalue weighted by atomic mass is 10.1. The topological polar surface area (TPSA) is 97.2 Å². The SMILES string of the molecule is Cc1cccc(C=N/N=C2/NC(=O)C(C)(C)S2)c1OS(=O)(=O)c1ccccc1. The maximum absolute atomic E-state index is 12.6. The van der Waals surface area contributed by atoms with Crippen LogP contribution in [0.15, 0.2) is 63.6 Å². The van der Waals surface area contributed by atoms with Gasteiger partial charge in [0.15, 0.2) is 10.9 Å². The van der Waals surface area contributed by atoms with Crippen LogP contribution in [0.4, 0.5) is 0 Å². The first-order valence-corrected chi connectivity index (χ1v) is 10.6. The van der Waals surface area contributed by atoms with Crippen molar-refractivity contribution in [3.05, 3.63) is 59.7 Å². The number of hydrogen-bond acceptors (Lipinski definition) is 7. The predicted octanol–water partition coefficient (Wildman–Crippen LogP) is 3.09. The molecule has 1 aliphatic heterocycles. The van der Waals surface area contributed by atoms with E-state index in [0.29, 0.717) is 16.3 Å². The molecule has 0 atom stereocenters. The quantitative estimate of drug-likeness (QED) is 0.458. The maximum atomic E-state index is 12.6. The number of amidine groups is 1. The summed E-state index contributed by atoms with van der Waals surface area (Å²) < 4.78 is 29.9. The van der Waals surface area contributed by atoms with Crippen LogP contribution in [0.5, 0.6) is 5.75 Å². The van der Waals surface area contributed by atoms with Crippen molar-refractivity contribution in [1.82, 2.24) is 5.32 Å². The van der Waals surface area contributed by atoms with Crippen molar-refractivity contribution in [2.45, 2.75) is 30.4 Å². The second-order valence-electron chi connectivity index (χ2n) is 6.56. The van der Waals surface area contributed by atoms with E-state index in [4.69, 9.17) is 4.18 Å². The van der Waals surface area contributed by atoms with Crippen LogP contribution in [-0.2, 0) is 14.9 Å². The van der Waals surface area contributed by atoms with Gasteiger partial charge in [-0.25, -0.2) is 0 Å². The third-order valence-corrected chi connectivity index (χ3v) is 6.24. The molecule has 0 bridgehead atoms. The van der Waals surface area contributed by atoms with Crippen molar-refractivity contribution in [3.8, 4) is 5.75 Å². The van der Waals surface area contributed by atoms with Gasteiger partial charge >= 0.3 is 10.1 Å². The van der Waals surface area contributed by atoms with Gasteiger partial charge in [-0.15, -0.1) is 5.10 Å². The molecule has 1 amide bonds. The average Bonchev–Trinajstić information content (AvgIpc) is 2.90. The lowest BCUT2D eigenvalue weighted by Gasteiger charge is -2.11. The number of nitrogens with one attached hydrogen (secondary N) is 1. The van der Waals surface area contributed by atoms with Gasteiger partial charge in [0.1, 0.15) is 4.90 Å². The predicted molar refractivity (Wildman–Crippen MR) is 110 cm³/mol.